The number of piperidine rings is 1. The molecule has 0 aromatic carbocycles. The minimum absolute atomic E-state index is 0.296. The molecule has 1 aliphatic heterocycles. The number of aromatic nitrogens is 2. The fourth-order valence-electron chi connectivity index (χ4n) is 2.22. The van der Waals surface area contributed by atoms with Gasteiger partial charge in [-0.3, -0.25) is 4.90 Å². The van der Waals surface area contributed by atoms with Crippen LogP contribution in [0.3, 0.4) is 0 Å². The fraction of sp³-hybridized carbons (Fsp3) is 0.833. The van der Waals surface area contributed by atoms with Gasteiger partial charge in [-0.15, -0.1) is 0 Å². The second kappa shape index (κ2) is 4.90. The Labute approximate surface area is 108 Å². The summed E-state index contributed by atoms with van der Waals surface area (Å²) in [5.41, 5.74) is 0.296. The molecule has 0 unspecified atom stereocenters. The first-order chi connectivity index (χ1) is 7.95. The van der Waals surface area contributed by atoms with E-state index < -0.39 is 0 Å². The van der Waals surface area contributed by atoms with Gasteiger partial charge in [-0.05, 0) is 40.5 Å². The Morgan fingerprint density at radius 1 is 1.29 bits per heavy atom. The third kappa shape index (κ3) is 3.39. The lowest BCUT2D eigenvalue weighted by atomic mass is 9.98. The molecular weight excluding hydrogens is 232 g/mol. The van der Waals surface area contributed by atoms with Gasteiger partial charge < -0.3 is 5.32 Å². The number of rotatable bonds is 2. The summed E-state index contributed by atoms with van der Waals surface area (Å²) in [4.78, 5) is 6.91. The van der Waals surface area contributed by atoms with Crippen LogP contribution in [0.5, 0.6) is 0 Å². The van der Waals surface area contributed by atoms with Crippen molar-refractivity contribution in [2.45, 2.75) is 52.1 Å². The molecule has 4 nitrogen and oxygen atoms in total. The van der Waals surface area contributed by atoms with E-state index in [1.165, 1.54) is 37.5 Å². The maximum atomic E-state index is 4.36. The number of nitrogens with zero attached hydrogens (tertiary/aromatic N) is 3. The van der Waals surface area contributed by atoms with E-state index in [1.54, 1.807) is 0 Å². The summed E-state index contributed by atoms with van der Waals surface area (Å²) in [5, 5.41) is 4.46. The van der Waals surface area contributed by atoms with Crippen LogP contribution in [-0.2, 0) is 0 Å². The molecule has 0 bridgehead atoms. The zero-order valence-corrected chi connectivity index (χ0v) is 12.0. The molecule has 1 aromatic heterocycles. The molecule has 1 saturated heterocycles. The fourth-order valence-corrected chi connectivity index (χ4v) is 2.88. The smallest absolute Gasteiger partial charge is 0.202 e. The Morgan fingerprint density at radius 3 is 2.41 bits per heavy atom. The van der Waals surface area contributed by atoms with E-state index in [0.29, 0.717) is 11.6 Å². The predicted octanol–water partition coefficient (Wildman–Crippen LogP) is 2.52. The van der Waals surface area contributed by atoms with Crippen LogP contribution in [0.15, 0.2) is 0 Å². The second-order valence-corrected chi connectivity index (χ2v) is 6.48. The minimum Gasteiger partial charge on any atom is -0.357 e. The first-order valence-corrected chi connectivity index (χ1v) is 7.04. The van der Waals surface area contributed by atoms with Crippen LogP contribution >= 0.6 is 11.5 Å². The number of anilines is 1. The van der Waals surface area contributed by atoms with Crippen LogP contribution in [-0.4, -0.2) is 38.9 Å². The highest BCUT2D eigenvalue weighted by Crippen LogP contribution is 2.22. The summed E-state index contributed by atoms with van der Waals surface area (Å²) in [6.07, 6.45) is 2.38. The van der Waals surface area contributed by atoms with Crippen molar-refractivity contribution in [2.24, 2.45) is 0 Å². The molecule has 0 saturated carbocycles. The summed E-state index contributed by atoms with van der Waals surface area (Å²) in [5.74, 6) is 0.865. The van der Waals surface area contributed by atoms with E-state index in [2.05, 4.69) is 40.3 Å². The zero-order valence-electron chi connectivity index (χ0n) is 11.2. The summed E-state index contributed by atoms with van der Waals surface area (Å²) < 4.78 is 4.19. The van der Waals surface area contributed by atoms with Gasteiger partial charge in [0.25, 0.3) is 0 Å². The third-order valence-electron chi connectivity index (χ3n) is 3.30. The molecule has 0 amide bonds. The molecule has 0 aliphatic carbocycles. The molecule has 0 spiro atoms. The summed E-state index contributed by atoms with van der Waals surface area (Å²) in [7, 11) is 0. The molecule has 0 radical (unpaired) electrons. The molecule has 96 valence electrons. The first kappa shape index (κ1) is 12.8. The van der Waals surface area contributed by atoms with Gasteiger partial charge in [-0.25, -0.2) is 4.98 Å². The van der Waals surface area contributed by atoms with Crippen molar-refractivity contribution in [3.63, 3.8) is 0 Å². The molecule has 5 heteroatoms. The van der Waals surface area contributed by atoms with Crippen LogP contribution in [0.2, 0.25) is 0 Å². The lowest BCUT2D eigenvalue weighted by Crippen LogP contribution is -2.48. The first-order valence-electron chi connectivity index (χ1n) is 6.27. The highest BCUT2D eigenvalue weighted by Gasteiger charge is 2.27. The summed E-state index contributed by atoms with van der Waals surface area (Å²) in [6, 6.07) is 0.556. The predicted molar refractivity (Wildman–Crippen MR) is 72.6 cm³/mol. The number of aryl methyl sites for hydroxylation is 1. The van der Waals surface area contributed by atoms with Gasteiger partial charge in [0.05, 0.1) is 0 Å². The van der Waals surface area contributed by atoms with Crippen molar-refractivity contribution in [1.29, 1.82) is 0 Å². The molecule has 0 atom stereocenters. The normalized spacial score (nSPS) is 19.5. The quantitative estimate of drug-likeness (QED) is 0.880. The van der Waals surface area contributed by atoms with Gasteiger partial charge >= 0.3 is 0 Å². The maximum Gasteiger partial charge on any atom is 0.202 e. The molecule has 17 heavy (non-hydrogen) atoms. The van der Waals surface area contributed by atoms with E-state index in [-0.39, 0.29) is 0 Å². The highest BCUT2D eigenvalue weighted by atomic mass is 32.1. The number of hydrogen-bond donors (Lipinski definition) is 1. The summed E-state index contributed by atoms with van der Waals surface area (Å²) in [6.45, 7) is 11.1. The lowest BCUT2D eigenvalue weighted by molar-refractivity contribution is 0.106. The Bertz CT molecular complexity index is 361. The van der Waals surface area contributed by atoms with Crippen LogP contribution in [0.25, 0.3) is 0 Å². The van der Waals surface area contributed by atoms with Gasteiger partial charge in [0.15, 0.2) is 0 Å². The van der Waals surface area contributed by atoms with Crippen LogP contribution in [0, 0.1) is 6.92 Å². The molecule has 2 heterocycles. The van der Waals surface area contributed by atoms with E-state index in [9.17, 15) is 0 Å². The van der Waals surface area contributed by atoms with E-state index in [1.807, 2.05) is 6.92 Å². The number of hydrogen-bond acceptors (Lipinski definition) is 5. The lowest BCUT2D eigenvalue weighted by Gasteiger charge is -2.40. The van der Waals surface area contributed by atoms with Crippen molar-refractivity contribution >= 4 is 16.7 Å². The number of likely N-dealkylation sites (tertiary alicyclic amines) is 1. The van der Waals surface area contributed by atoms with Crippen molar-refractivity contribution in [2.75, 3.05) is 18.4 Å². The monoisotopic (exact) mass is 254 g/mol. The Balaban J connectivity index is 1.83. The van der Waals surface area contributed by atoms with Gasteiger partial charge in [0, 0.05) is 36.2 Å². The van der Waals surface area contributed by atoms with Crippen LogP contribution < -0.4 is 5.32 Å². The van der Waals surface area contributed by atoms with Gasteiger partial charge in [-0.2, -0.15) is 4.37 Å². The molecule has 1 aliphatic rings. The van der Waals surface area contributed by atoms with Gasteiger partial charge in [0.2, 0.25) is 5.13 Å². The van der Waals surface area contributed by atoms with E-state index in [0.717, 1.165) is 11.0 Å². The second-order valence-electron chi connectivity index (χ2n) is 5.72. The molecule has 1 N–H and O–H groups in total. The number of nitrogens with one attached hydrogen (secondary N) is 1. The largest absolute Gasteiger partial charge is 0.357 e. The van der Waals surface area contributed by atoms with E-state index in [4.69, 9.17) is 0 Å². The molecule has 1 fully saturated rings. The molecule has 1 aromatic rings. The van der Waals surface area contributed by atoms with Crippen LogP contribution in [0.1, 0.15) is 39.4 Å². The van der Waals surface area contributed by atoms with Crippen molar-refractivity contribution in [1.82, 2.24) is 14.3 Å². The van der Waals surface area contributed by atoms with Crippen LogP contribution in [0.4, 0.5) is 5.13 Å². The van der Waals surface area contributed by atoms with Crippen molar-refractivity contribution in [3.05, 3.63) is 5.82 Å². The molecular formula is C12H22N4S. The Morgan fingerprint density at radius 2 is 1.94 bits per heavy atom. The highest BCUT2D eigenvalue weighted by molar-refractivity contribution is 7.09. The standard InChI is InChI=1S/C12H22N4S/c1-9-13-11(17-15-9)14-10-5-7-16(8-6-10)12(2,3)4/h10H,5-8H2,1-4H3,(H,13,14,15). The SMILES string of the molecule is Cc1nsc(NC2CCN(C(C)(C)C)CC2)n1. The Kier molecular flexibility index (Phi) is 3.68. The van der Waals surface area contributed by atoms with Gasteiger partial charge in [0.1, 0.15) is 5.82 Å². The van der Waals surface area contributed by atoms with Gasteiger partial charge in [-0.1, -0.05) is 0 Å². The zero-order chi connectivity index (χ0) is 12.5. The van der Waals surface area contributed by atoms with Crippen molar-refractivity contribution < 1.29 is 0 Å². The third-order valence-corrected chi connectivity index (χ3v) is 4.04. The topological polar surface area (TPSA) is 41.1 Å². The van der Waals surface area contributed by atoms with Crippen molar-refractivity contribution in [3.8, 4) is 0 Å². The maximum absolute atomic E-state index is 4.36. The average Bonchev–Trinajstić information content (AvgIpc) is 2.63. The minimum atomic E-state index is 0.296. The van der Waals surface area contributed by atoms with E-state index >= 15 is 0 Å². The average molecular weight is 254 g/mol. The molecule has 2 rings (SSSR count). The Hall–Kier alpha value is -0.680. The summed E-state index contributed by atoms with van der Waals surface area (Å²) >= 11 is 1.46.